The first-order chi connectivity index (χ1) is 20.0. The number of hydrogen-bond acceptors (Lipinski definition) is 7. The second-order valence-electron chi connectivity index (χ2n) is 9.94. The SMILES string of the molecule is CC(NC(=O)CCCC(=O)O)C(=O)NC(C)C(=O)NC(C)C(=O)NNC(=O)OCC1c2ccccc2-c2ccccc21. The van der Waals surface area contributed by atoms with E-state index in [9.17, 15) is 28.8 Å². The van der Waals surface area contributed by atoms with Crippen LogP contribution in [0.2, 0.25) is 0 Å². The number of hydrazine groups is 1. The lowest BCUT2D eigenvalue weighted by molar-refractivity contribution is -0.137. The van der Waals surface area contributed by atoms with E-state index in [1.807, 2.05) is 48.5 Å². The van der Waals surface area contributed by atoms with Crippen LogP contribution in [0.5, 0.6) is 0 Å². The van der Waals surface area contributed by atoms with Crippen LogP contribution in [0.1, 0.15) is 57.1 Å². The minimum absolute atomic E-state index is 0.0560. The summed E-state index contributed by atoms with van der Waals surface area (Å²) < 4.78 is 5.36. The number of hydrogen-bond donors (Lipinski definition) is 6. The maximum Gasteiger partial charge on any atom is 0.426 e. The smallest absolute Gasteiger partial charge is 0.426 e. The van der Waals surface area contributed by atoms with Gasteiger partial charge in [-0.1, -0.05) is 48.5 Å². The molecule has 0 heterocycles. The molecule has 1 aliphatic carbocycles. The Morgan fingerprint density at radius 2 is 1.21 bits per heavy atom. The lowest BCUT2D eigenvalue weighted by atomic mass is 9.98. The summed E-state index contributed by atoms with van der Waals surface area (Å²) in [5.41, 5.74) is 8.61. The van der Waals surface area contributed by atoms with E-state index < -0.39 is 53.8 Å². The van der Waals surface area contributed by atoms with E-state index in [0.717, 1.165) is 22.3 Å². The van der Waals surface area contributed by atoms with Gasteiger partial charge in [0.1, 0.15) is 24.7 Å². The minimum Gasteiger partial charge on any atom is -0.481 e. The summed E-state index contributed by atoms with van der Waals surface area (Å²) in [6, 6.07) is 12.7. The van der Waals surface area contributed by atoms with Crippen molar-refractivity contribution < 1.29 is 38.6 Å². The highest BCUT2D eigenvalue weighted by molar-refractivity contribution is 5.94. The monoisotopic (exact) mass is 581 g/mol. The fraction of sp³-hybridized carbons (Fsp3) is 0.379. The number of amides is 5. The molecule has 42 heavy (non-hydrogen) atoms. The molecule has 2 aromatic rings. The zero-order chi connectivity index (χ0) is 30.8. The number of rotatable bonds is 12. The summed E-state index contributed by atoms with van der Waals surface area (Å²) in [5, 5.41) is 15.9. The van der Waals surface area contributed by atoms with Gasteiger partial charge in [0.15, 0.2) is 0 Å². The Bertz CT molecular complexity index is 1300. The van der Waals surface area contributed by atoms with Crippen LogP contribution in [-0.4, -0.2) is 65.5 Å². The first-order valence-corrected chi connectivity index (χ1v) is 13.5. The standard InChI is InChI=1S/C29H35N5O8/c1-16(30-24(35)13-8-14-25(36)37)26(38)31-17(2)27(39)32-18(3)28(40)33-34-29(41)42-15-23-21-11-6-4-9-19(21)20-10-5-7-12-22(20)23/h4-7,9-12,16-18,23H,8,13-15H2,1-3H3,(H,30,35)(H,31,38)(H,32,39)(H,33,40)(H,34,41)(H,36,37). The molecule has 3 unspecified atom stereocenters. The van der Waals surface area contributed by atoms with Crippen molar-refractivity contribution in [1.29, 1.82) is 0 Å². The maximum atomic E-state index is 12.5. The molecule has 5 amide bonds. The van der Waals surface area contributed by atoms with Crippen LogP contribution in [0.25, 0.3) is 11.1 Å². The number of carbonyl (C=O) groups excluding carboxylic acids is 5. The van der Waals surface area contributed by atoms with E-state index in [0.29, 0.717) is 0 Å². The Morgan fingerprint density at radius 1 is 0.714 bits per heavy atom. The number of fused-ring (bicyclic) bond motifs is 3. The molecule has 13 heteroatoms. The minimum atomic E-state index is -1.07. The molecule has 0 aliphatic heterocycles. The van der Waals surface area contributed by atoms with Gasteiger partial charge in [0.25, 0.3) is 5.91 Å². The Labute approximate surface area is 242 Å². The maximum absolute atomic E-state index is 12.5. The molecular formula is C29H35N5O8. The summed E-state index contributed by atoms with van der Waals surface area (Å²) in [4.78, 5) is 71.9. The zero-order valence-electron chi connectivity index (χ0n) is 23.6. The van der Waals surface area contributed by atoms with Gasteiger partial charge >= 0.3 is 12.1 Å². The molecule has 0 radical (unpaired) electrons. The average molecular weight is 582 g/mol. The van der Waals surface area contributed by atoms with Crippen LogP contribution < -0.4 is 26.8 Å². The van der Waals surface area contributed by atoms with E-state index in [1.54, 1.807) is 0 Å². The molecule has 2 aromatic carbocycles. The lowest BCUT2D eigenvalue weighted by Crippen LogP contribution is -2.56. The second-order valence-corrected chi connectivity index (χ2v) is 9.94. The predicted molar refractivity (Wildman–Crippen MR) is 151 cm³/mol. The Kier molecular flexibility index (Phi) is 11.0. The molecule has 0 aromatic heterocycles. The summed E-state index contributed by atoms with van der Waals surface area (Å²) in [7, 11) is 0. The van der Waals surface area contributed by atoms with Gasteiger partial charge in [-0.2, -0.15) is 0 Å². The van der Waals surface area contributed by atoms with Gasteiger partial charge in [0, 0.05) is 18.8 Å². The largest absolute Gasteiger partial charge is 0.481 e. The summed E-state index contributed by atoms with van der Waals surface area (Å²) in [5.74, 6) is -3.71. The number of benzene rings is 2. The van der Waals surface area contributed by atoms with Gasteiger partial charge in [-0.15, -0.1) is 0 Å². The average Bonchev–Trinajstić information content (AvgIpc) is 3.27. The zero-order valence-corrected chi connectivity index (χ0v) is 23.6. The summed E-state index contributed by atoms with van der Waals surface area (Å²) >= 11 is 0. The van der Waals surface area contributed by atoms with Crippen molar-refractivity contribution >= 4 is 35.7 Å². The number of carbonyl (C=O) groups is 6. The molecule has 13 nitrogen and oxygen atoms in total. The summed E-state index contributed by atoms with van der Waals surface area (Å²) in [6.07, 6.45) is -0.970. The van der Waals surface area contributed by atoms with Crippen LogP contribution >= 0.6 is 0 Å². The van der Waals surface area contributed by atoms with Gasteiger partial charge < -0.3 is 25.8 Å². The fourth-order valence-electron chi connectivity index (χ4n) is 4.44. The number of ether oxygens (including phenoxy) is 1. The van der Waals surface area contributed by atoms with Crippen molar-refractivity contribution in [3.05, 3.63) is 59.7 Å². The first-order valence-electron chi connectivity index (χ1n) is 13.5. The third-order valence-corrected chi connectivity index (χ3v) is 6.70. The van der Waals surface area contributed by atoms with Crippen LogP contribution in [-0.2, 0) is 28.7 Å². The number of aliphatic carboxylic acids is 1. The molecule has 224 valence electrons. The van der Waals surface area contributed by atoms with Crippen LogP contribution in [0, 0.1) is 0 Å². The highest BCUT2D eigenvalue weighted by Crippen LogP contribution is 2.44. The van der Waals surface area contributed by atoms with Gasteiger partial charge in [-0.3, -0.25) is 29.4 Å². The Morgan fingerprint density at radius 3 is 1.76 bits per heavy atom. The van der Waals surface area contributed by atoms with Crippen molar-refractivity contribution in [2.24, 2.45) is 0 Å². The molecular weight excluding hydrogens is 546 g/mol. The predicted octanol–water partition coefficient (Wildman–Crippen LogP) is 1.33. The van der Waals surface area contributed by atoms with E-state index in [1.165, 1.54) is 20.8 Å². The molecule has 6 N–H and O–H groups in total. The third kappa shape index (κ3) is 8.53. The molecule has 3 rings (SSSR count). The molecule has 0 fully saturated rings. The number of carboxylic acid groups (broad SMARTS) is 1. The van der Waals surface area contributed by atoms with E-state index >= 15 is 0 Å². The topological polar surface area (TPSA) is 192 Å². The molecule has 0 spiro atoms. The van der Waals surface area contributed by atoms with Crippen molar-refractivity contribution in [3.63, 3.8) is 0 Å². The third-order valence-electron chi connectivity index (χ3n) is 6.70. The Hall–Kier alpha value is -4.94. The van der Waals surface area contributed by atoms with E-state index in [4.69, 9.17) is 9.84 Å². The van der Waals surface area contributed by atoms with Gasteiger partial charge in [-0.05, 0) is 49.4 Å². The van der Waals surface area contributed by atoms with Gasteiger partial charge in [-0.25, -0.2) is 10.2 Å². The molecule has 3 atom stereocenters. The van der Waals surface area contributed by atoms with Crippen molar-refractivity contribution in [1.82, 2.24) is 26.8 Å². The van der Waals surface area contributed by atoms with Crippen molar-refractivity contribution in [2.45, 2.75) is 64.1 Å². The Balaban J connectivity index is 1.39. The van der Waals surface area contributed by atoms with Gasteiger partial charge in [0.05, 0.1) is 0 Å². The van der Waals surface area contributed by atoms with Crippen LogP contribution in [0.3, 0.4) is 0 Å². The highest BCUT2D eigenvalue weighted by Gasteiger charge is 2.29. The second kappa shape index (κ2) is 14.6. The highest BCUT2D eigenvalue weighted by atomic mass is 16.6. The summed E-state index contributed by atoms with van der Waals surface area (Å²) in [6.45, 7) is 4.26. The van der Waals surface area contributed by atoms with Crippen molar-refractivity contribution in [2.75, 3.05) is 6.61 Å². The molecule has 1 aliphatic rings. The van der Waals surface area contributed by atoms with E-state index in [2.05, 4.69) is 26.8 Å². The molecule has 0 saturated carbocycles. The van der Waals surface area contributed by atoms with Crippen LogP contribution in [0.15, 0.2) is 48.5 Å². The normalized spacial score (nSPS) is 13.8. The lowest BCUT2D eigenvalue weighted by Gasteiger charge is -2.20. The number of carboxylic acids is 1. The van der Waals surface area contributed by atoms with Gasteiger partial charge in [0.2, 0.25) is 17.7 Å². The van der Waals surface area contributed by atoms with Crippen molar-refractivity contribution in [3.8, 4) is 11.1 Å². The molecule has 0 saturated heterocycles. The fourth-order valence-corrected chi connectivity index (χ4v) is 4.44. The first kappa shape index (κ1) is 31.6. The quantitative estimate of drug-likeness (QED) is 0.202. The molecule has 0 bridgehead atoms. The van der Waals surface area contributed by atoms with E-state index in [-0.39, 0.29) is 31.8 Å². The van der Waals surface area contributed by atoms with Crippen LogP contribution in [0.4, 0.5) is 4.79 Å². The number of nitrogens with one attached hydrogen (secondary N) is 5.